The molecule has 1 rings (SSSR count). The number of halogens is 4. The Morgan fingerprint density at radius 3 is 2.70 bits per heavy atom. The largest absolute Gasteiger partial charge is 0.465 e. The van der Waals surface area contributed by atoms with Gasteiger partial charge in [-0.3, -0.25) is 9.59 Å². The summed E-state index contributed by atoms with van der Waals surface area (Å²) in [5, 5.41) is 0.179. The van der Waals surface area contributed by atoms with Crippen LogP contribution in [-0.2, 0) is 14.3 Å². The van der Waals surface area contributed by atoms with Crippen LogP contribution >= 0.6 is 11.6 Å². The first kappa shape index (κ1) is 19.0. The van der Waals surface area contributed by atoms with E-state index in [9.17, 15) is 22.8 Å². The summed E-state index contributed by atoms with van der Waals surface area (Å²) in [7, 11) is 0. The highest BCUT2D eigenvalue weighted by Crippen LogP contribution is 2.17. The van der Waals surface area contributed by atoms with Crippen LogP contribution in [0.4, 0.5) is 13.2 Å². The van der Waals surface area contributed by atoms with E-state index in [1.807, 2.05) is 0 Å². The molecule has 0 atom stereocenters. The van der Waals surface area contributed by atoms with Gasteiger partial charge in [-0.05, 0) is 30.7 Å². The number of amides is 1. The molecule has 0 bridgehead atoms. The van der Waals surface area contributed by atoms with Gasteiger partial charge < -0.3 is 9.64 Å². The summed E-state index contributed by atoms with van der Waals surface area (Å²) >= 11 is 5.66. The molecule has 126 valence electrons. The van der Waals surface area contributed by atoms with E-state index in [0.29, 0.717) is 10.5 Å². The second kappa shape index (κ2) is 8.52. The standard InChI is InChI=1S/C14H14ClF3N2O3/c1-2-23-13(22)8-20(9-14(16,17)18)12(21)4-3-10-5-6-19-11(15)7-10/h3-7H,2,8-9H2,1H3. The number of pyridine rings is 1. The number of ether oxygens (including phenoxy) is 1. The minimum Gasteiger partial charge on any atom is -0.465 e. The minimum absolute atomic E-state index is 0.0121. The van der Waals surface area contributed by atoms with Crippen LogP contribution in [0.1, 0.15) is 12.5 Å². The van der Waals surface area contributed by atoms with Crippen molar-refractivity contribution in [3.8, 4) is 0 Å². The van der Waals surface area contributed by atoms with E-state index >= 15 is 0 Å². The molecule has 1 amide bonds. The first-order valence-electron chi connectivity index (χ1n) is 6.52. The van der Waals surface area contributed by atoms with Crippen LogP contribution in [0.2, 0.25) is 5.15 Å². The van der Waals surface area contributed by atoms with Crippen LogP contribution in [0, 0.1) is 0 Å². The van der Waals surface area contributed by atoms with Crippen LogP contribution < -0.4 is 0 Å². The fourth-order valence-electron chi connectivity index (χ4n) is 1.58. The number of carbonyl (C=O) groups is 2. The minimum atomic E-state index is -4.63. The molecule has 0 unspecified atom stereocenters. The number of nitrogens with zero attached hydrogens (tertiary/aromatic N) is 2. The van der Waals surface area contributed by atoms with E-state index in [-0.39, 0.29) is 11.8 Å². The molecular weight excluding hydrogens is 337 g/mol. The Bertz CT molecular complexity index is 591. The third kappa shape index (κ3) is 7.64. The van der Waals surface area contributed by atoms with Gasteiger partial charge in [-0.2, -0.15) is 13.2 Å². The summed E-state index contributed by atoms with van der Waals surface area (Å²) in [6, 6.07) is 2.96. The van der Waals surface area contributed by atoms with Crippen molar-refractivity contribution in [3.63, 3.8) is 0 Å². The van der Waals surface area contributed by atoms with E-state index in [1.165, 1.54) is 31.3 Å². The molecule has 0 N–H and O–H groups in total. The van der Waals surface area contributed by atoms with Crippen LogP contribution in [-0.4, -0.2) is 47.6 Å². The zero-order chi connectivity index (χ0) is 17.5. The Balaban J connectivity index is 2.83. The van der Waals surface area contributed by atoms with E-state index < -0.39 is 31.1 Å². The molecule has 9 heteroatoms. The van der Waals surface area contributed by atoms with E-state index in [4.69, 9.17) is 11.6 Å². The lowest BCUT2D eigenvalue weighted by Gasteiger charge is -2.21. The molecule has 0 radical (unpaired) electrons. The van der Waals surface area contributed by atoms with Crippen molar-refractivity contribution >= 4 is 29.6 Å². The van der Waals surface area contributed by atoms with Gasteiger partial charge in [0.2, 0.25) is 5.91 Å². The zero-order valence-corrected chi connectivity index (χ0v) is 12.9. The Morgan fingerprint density at radius 1 is 1.43 bits per heavy atom. The lowest BCUT2D eigenvalue weighted by Crippen LogP contribution is -2.41. The summed E-state index contributed by atoms with van der Waals surface area (Å²) in [5.41, 5.74) is 0.487. The Hall–Kier alpha value is -2.09. The molecule has 0 saturated heterocycles. The molecule has 0 fully saturated rings. The van der Waals surface area contributed by atoms with Crippen LogP contribution in [0.5, 0.6) is 0 Å². The fourth-order valence-corrected chi connectivity index (χ4v) is 1.77. The molecule has 0 aliphatic rings. The predicted molar refractivity (Wildman–Crippen MR) is 77.5 cm³/mol. The number of rotatable bonds is 6. The van der Waals surface area contributed by atoms with Crippen LogP contribution in [0.15, 0.2) is 24.4 Å². The molecule has 1 aromatic heterocycles. The lowest BCUT2D eigenvalue weighted by atomic mass is 10.2. The van der Waals surface area contributed by atoms with Crippen molar-refractivity contribution in [2.75, 3.05) is 19.7 Å². The van der Waals surface area contributed by atoms with Gasteiger partial charge in [0.05, 0.1) is 6.61 Å². The van der Waals surface area contributed by atoms with Gasteiger partial charge in [0.1, 0.15) is 18.2 Å². The second-order valence-electron chi connectivity index (χ2n) is 4.36. The van der Waals surface area contributed by atoms with Crippen molar-refractivity contribution in [2.45, 2.75) is 13.1 Å². The molecule has 1 heterocycles. The Labute approximate surface area is 135 Å². The SMILES string of the molecule is CCOC(=O)CN(CC(F)(F)F)C(=O)C=Cc1ccnc(Cl)c1. The first-order chi connectivity index (χ1) is 10.7. The van der Waals surface area contributed by atoms with Crippen molar-refractivity contribution in [2.24, 2.45) is 0 Å². The van der Waals surface area contributed by atoms with Gasteiger partial charge in [-0.25, -0.2) is 4.98 Å². The lowest BCUT2D eigenvalue weighted by molar-refractivity contribution is -0.164. The van der Waals surface area contributed by atoms with Gasteiger partial charge in [-0.1, -0.05) is 11.6 Å². The highest BCUT2D eigenvalue weighted by atomic mass is 35.5. The first-order valence-corrected chi connectivity index (χ1v) is 6.90. The van der Waals surface area contributed by atoms with Gasteiger partial charge in [-0.15, -0.1) is 0 Å². The average Bonchev–Trinajstić information content (AvgIpc) is 2.43. The summed E-state index contributed by atoms with van der Waals surface area (Å²) in [6.07, 6.45) is -1.03. The molecule has 0 spiro atoms. The number of alkyl halides is 3. The molecule has 1 aromatic rings. The van der Waals surface area contributed by atoms with Crippen LogP contribution in [0.3, 0.4) is 0 Å². The number of hydrogen-bond donors (Lipinski definition) is 0. The van der Waals surface area contributed by atoms with E-state index in [1.54, 1.807) is 0 Å². The quantitative estimate of drug-likeness (QED) is 0.449. The molecule has 0 aliphatic heterocycles. The molecule has 0 aliphatic carbocycles. The van der Waals surface area contributed by atoms with Crippen molar-refractivity contribution in [1.82, 2.24) is 9.88 Å². The Morgan fingerprint density at radius 2 is 2.13 bits per heavy atom. The number of hydrogen-bond acceptors (Lipinski definition) is 4. The third-order valence-electron chi connectivity index (χ3n) is 2.48. The zero-order valence-electron chi connectivity index (χ0n) is 12.1. The maximum Gasteiger partial charge on any atom is 0.406 e. The average molecular weight is 351 g/mol. The van der Waals surface area contributed by atoms with Crippen molar-refractivity contribution in [1.29, 1.82) is 0 Å². The second-order valence-corrected chi connectivity index (χ2v) is 4.75. The highest BCUT2D eigenvalue weighted by Gasteiger charge is 2.33. The third-order valence-corrected chi connectivity index (χ3v) is 2.68. The normalized spacial score (nSPS) is 11.5. The molecule has 0 aromatic carbocycles. The number of carbonyl (C=O) groups excluding carboxylic acids is 2. The highest BCUT2D eigenvalue weighted by molar-refractivity contribution is 6.29. The molecule has 5 nitrogen and oxygen atoms in total. The molecule has 0 saturated carbocycles. The Kier molecular flexibility index (Phi) is 7.02. The van der Waals surface area contributed by atoms with Gasteiger partial charge in [0.15, 0.2) is 0 Å². The van der Waals surface area contributed by atoms with E-state index in [2.05, 4.69) is 9.72 Å². The maximum atomic E-state index is 12.5. The van der Waals surface area contributed by atoms with Crippen LogP contribution in [0.25, 0.3) is 6.08 Å². The topological polar surface area (TPSA) is 59.5 Å². The maximum absolute atomic E-state index is 12.5. The van der Waals surface area contributed by atoms with Crippen molar-refractivity contribution < 1.29 is 27.5 Å². The van der Waals surface area contributed by atoms with Gasteiger partial charge in [0, 0.05) is 12.3 Å². The van der Waals surface area contributed by atoms with Gasteiger partial charge >= 0.3 is 12.1 Å². The van der Waals surface area contributed by atoms with E-state index in [0.717, 1.165) is 6.08 Å². The smallest absolute Gasteiger partial charge is 0.406 e. The molecule has 23 heavy (non-hydrogen) atoms. The fraction of sp³-hybridized carbons (Fsp3) is 0.357. The monoisotopic (exact) mass is 350 g/mol. The molecular formula is C14H14ClF3N2O3. The summed E-state index contributed by atoms with van der Waals surface area (Å²) < 4.78 is 42.1. The van der Waals surface area contributed by atoms with Crippen molar-refractivity contribution in [3.05, 3.63) is 35.1 Å². The van der Waals surface area contributed by atoms with Gasteiger partial charge in [0.25, 0.3) is 0 Å². The summed E-state index contributed by atoms with van der Waals surface area (Å²) in [6.45, 7) is -0.807. The predicted octanol–water partition coefficient (Wildman–Crippen LogP) is 2.70. The summed E-state index contributed by atoms with van der Waals surface area (Å²) in [5.74, 6) is -1.88. The summed E-state index contributed by atoms with van der Waals surface area (Å²) in [4.78, 5) is 27.3. The number of esters is 1. The number of aromatic nitrogens is 1.